The number of methoxy groups -OCH3 is 1. The van der Waals surface area contributed by atoms with Gasteiger partial charge in [-0.05, 0) is 42.7 Å². The van der Waals surface area contributed by atoms with Crippen molar-refractivity contribution < 1.29 is 9.47 Å². The maximum absolute atomic E-state index is 5.95. The second kappa shape index (κ2) is 6.54. The van der Waals surface area contributed by atoms with Crippen LogP contribution in [0.1, 0.15) is 11.1 Å². The minimum Gasteiger partial charge on any atom is -0.438 e. The topological polar surface area (TPSA) is 44.2 Å². The van der Waals surface area contributed by atoms with Crippen molar-refractivity contribution in [3.63, 3.8) is 0 Å². The molecule has 0 spiro atoms. The summed E-state index contributed by atoms with van der Waals surface area (Å²) in [6.45, 7) is 2.75. The summed E-state index contributed by atoms with van der Waals surface area (Å²) < 4.78 is 11.0. The van der Waals surface area contributed by atoms with Gasteiger partial charge in [0.1, 0.15) is 12.1 Å². The molecule has 1 heterocycles. The van der Waals surface area contributed by atoms with E-state index in [0.717, 1.165) is 35.2 Å². The van der Waals surface area contributed by atoms with Crippen molar-refractivity contribution in [3.05, 3.63) is 59.9 Å². The fourth-order valence-corrected chi connectivity index (χ4v) is 2.38. The summed E-state index contributed by atoms with van der Waals surface area (Å²) in [5, 5.41) is 0.952. The Morgan fingerprint density at radius 3 is 2.59 bits per heavy atom. The van der Waals surface area contributed by atoms with Gasteiger partial charge in [0, 0.05) is 7.11 Å². The van der Waals surface area contributed by atoms with Gasteiger partial charge in [-0.2, -0.15) is 0 Å². The highest BCUT2D eigenvalue weighted by molar-refractivity contribution is 5.86. The van der Waals surface area contributed by atoms with Gasteiger partial charge in [0.2, 0.25) is 5.88 Å². The molecular weight excluding hydrogens is 276 g/mol. The van der Waals surface area contributed by atoms with Crippen LogP contribution in [0.4, 0.5) is 0 Å². The van der Waals surface area contributed by atoms with Crippen LogP contribution in [-0.2, 0) is 11.2 Å². The van der Waals surface area contributed by atoms with Crippen LogP contribution in [0.15, 0.2) is 48.8 Å². The number of rotatable bonds is 5. The molecule has 0 saturated heterocycles. The van der Waals surface area contributed by atoms with E-state index < -0.39 is 0 Å². The lowest BCUT2D eigenvalue weighted by Gasteiger charge is -2.09. The standard InChI is InChI=1S/C18H18N2O2/c1-13-4-3-5-16-17(13)18(20-12-19-16)22-15-8-6-14(7-9-15)10-11-21-2/h3-9,12H,10-11H2,1-2H3. The van der Waals surface area contributed by atoms with E-state index in [-0.39, 0.29) is 0 Å². The van der Waals surface area contributed by atoms with Crippen LogP contribution in [0.2, 0.25) is 0 Å². The number of hydrogen-bond donors (Lipinski definition) is 0. The van der Waals surface area contributed by atoms with Crippen molar-refractivity contribution in [2.24, 2.45) is 0 Å². The van der Waals surface area contributed by atoms with E-state index in [1.54, 1.807) is 7.11 Å². The van der Waals surface area contributed by atoms with Crippen LogP contribution in [-0.4, -0.2) is 23.7 Å². The van der Waals surface area contributed by atoms with Gasteiger partial charge >= 0.3 is 0 Å². The fourth-order valence-electron chi connectivity index (χ4n) is 2.38. The molecule has 0 aliphatic heterocycles. The zero-order valence-electron chi connectivity index (χ0n) is 12.7. The first kappa shape index (κ1) is 14.5. The molecule has 0 atom stereocenters. The molecule has 0 radical (unpaired) electrons. The Hall–Kier alpha value is -2.46. The zero-order valence-corrected chi connectivity index (χ0v) is 12.7. The molecule has 0 amide bonds. The SMILES string of the molecule is COCCc1ccc(Oc2ncnc3cccc(C)c23)cc1. The molecule has 1 aromatic heterocycles. The van der Waals surface area contributed by atoms with Gasteiger partial charge in [-0.1, -0.05) is 24.3 Å². The lowest BCUT2D eigenvalue weighted by atomic mass is 10.1. The predicted molar refractivity (Wildman–Crippen MR) is 86.4 cm³/mol. The molecular formula is C18H18N2O2. The molecule has 2 aromatic carbocycles. The maximum Gasteiger partial charge on any atom is 0.230 e. The highest BCUT2D eigenvalue weighted by Gasteiger charge is 2.08. The molecule has 4 heteroatoms. The fraction of sp³-hybridized carbons (Fsp3) is 0.222. The number of ether oxygens (including phenoxy) is 2. The molecule has 0 unspecified atom stereocenters. The van der Waals surface area contributed by atoms with E-state index in [1.807, 2.05) is 49.4 Å². The normalized spacial score (nSPS) is 10.8. The average molecular weight is 294 g/mol. The van der Waals surface area contributed by atoms with E-state index >= 15 is 0 Å². The second-order valence-electron chi connectivity index (χ2n) is 5.14. The highest BCUT2D eigenvalue weighted by Crippen LogP contribution is 2.29. The molecule has 0 saturated carbocycles. The third-order valence-corrected chi connectivity index (χ3v) is 3.57. The molecule has 0 bridgehead atoms. The number of hydrogen-bond acceptors (Lipinski definition) is 4. The lowest BCUT2D eigenvalue weighted by molar-refractivity contribution is 0.202. The Bertz CT molecular complexity index is 764. The summed E-state index contributed by atoms with van der Waals surface area (Å²) in [5.41, 5.74) is 3.21. The third-order valence-electron chi connectivity index (χ3n) is 3.57. The van der Waals surface area contributed by atoms with Crippen LogP contribution in [0, 0.1) is 6.92 Å². The number of benzene rings is 2. The summed E-state index contributed by atoms with van der Waals surface area (Å²) in [7, 11) is 1.71. The minimum absolute atomic E-state index is 0.591. The summed E-state index contributed by atoms with van der Waals surface area (Å²) in [6.07, 6.45) is 2.43. The molecule has 3 rings (SSSR count). The lowest BCUT2D eigenvalue weighted by Crippen LogP contribution is -1.95. The van der Waals surface area contributed by atoms with E-state index in [1.165, 1.54) is 11.9 Å². The smallest absolute Gasteiger partial charge is 0.230 e. The molecule has 0 fully saturated rings. The number of aromatic nitrogens is 2. The summed E-state index contributed by atoms with van der Waals surface area (Å²) in [6, 6.07) is 14.0. The molecule has 0 aliphatic carbocycles. The van der Waals surface area contributed by atoms with Crippen molar-refractivity contribution in [2.45, 2.75) is 13.3 Å². The van der Waals surface area contributed by atoms with Gasteiger partial charge in [0.25, 0.3) is 0 Å². The summed E-state index contributed by atoms with van der Waals surface area (Å²) in [5.74, 6) is 1.36. The number of fused-ring (bicyclic) bond motifs is 1. The van der Waals surface area contributed by atoms with Crippen LogP contribution in [0.3, 0.4) is 0 Å². The Labute approximate surface area is 129 Å². The number of nitrogens with zero attached hydrogens (tertiary/aromatic N) is 2. The van der Waals surface area contributed by atoms with Gasteiger partial charge in [-0.15, -0.1) is 0 Å². The second-order valence-corrected chi connectivity index (χ2v) is 5.14. The highest BCUT2D eigenvalue weighted by atomic mass is 16.5. The first-order valence-electron chi connectivity index (χ1n) is 7.24. The zero-order chi connectivity index (χ0) is 15.4. The Morgan fingerprint density at radius 1 is 1.00 bits per heavy atom. The van der Waals surface area contributed by atoms with Gasteiger partial charge in [0.15, 0.2) is 0 Å². The summed E-state index contributed by atoms with van der Waals surface area (Å²) >= 11 is 0. The Kier molecular flexibility index (Phi) is 4.30. The maximum atomic E-state index is 5.95. The van der Waals surface area contributed by atoms with Gasteiger partial charge in [-0.3, -0.25) is 0 Å². The first-order chi connectivity index (χ1) is 10.8. The summed E-state index contributed by atoms with van der Waals surface area (Å²) in [4.78, 5) is 8.57. The van der Waals surface area contributed by atoms with E-state index in [9.17, 15) is 0 Å². The molecule has 3 aromatic rings. The molecule has 112 valence electrons. The number of aryl methyl sites for hydroxylation is 1. The molecule has 22 heavy (non-hydrogen) atoms. The van der Waals surface area contributed by atoms with Crippen molar-refractivity contribution >= 4 is 10.9 Å². The minimum atomic E-state index is 0.591. The van der Waals surface area contributed by atoms with Gasteiger partial charge in [-0.25, -0.2) is 9.97 Å². The van der Waals surface area contributed by atoms with E-state index in [4.69, 9.17) is 9.47 Å². The third kappa shape index (κ3) is 3.07. The predicted octanol–water partition coefficient (Wildman–Crippen LogP) is 3.92. The Balaban J connectivity index is 1.87. The van der Waals surface area contributed by atoms with Crippen molar-refractivity contribution in [1.29, 1.82) is 0 Å². The quantitative estimate of drug-likeness (QED) is 0.715. The first-order valence-corrected chi connectivity index (χ1v) is 7.24. The van der Waals surface area contributed by atoms with Crippen LogP contribution in [0.25, 0.3) is 10.9 Å². The average Bonchev–Trinajstić information content (AvgIpc) is 2.54. The molecule has 0 aliphatic rings. The van der Waals surface area contributed by atoms with Gasteiger partial charge in [0.05, 0.1) is 17.5 Å². The van der Waals surface area contributed by atoms with Crippen molar-refractivity contribution in [2.75, 3.05) is 13.7 Å². The van der Waals surface area contributed by atoms with Crippen LogP contribution >= 0.6 is 0 Å². The molecule has 0 N–H and O–H groups in total. The van der Waals surface area contributed by atoms with E-state index in [2.05, 4.69) is 9.97 Å². The van der Waals surface area contributed by atoms with Crippen LogP contribution < -0.4 is 4.74 Å². The Morgan fingerprint density at radius 2 is 1.82 bits per heavy atom. The molecule has 4 nitrogen and oxygen atoms in total. The van der Waals surface area contributed by atoms with E-state index in [0.29, 0.717) is 5.88 Å². The van der Waals surface area contributed by atoms with Gasteiger partial charge < -0.3 is 9.47 Å². The van der Waals surface area contributed by atoms with Crippen molar-refractivity contribution in [3.8, 4) is 11.6 Å². The largest absolute Gasteiger partial charge is 0.438 e. The van der Waals surface area contributed by atoms with Crippen LogP contribution in [0.5, 0.6) is 11.6 Å². The monoisotopic (exact) mass is 294 g/mol. The van der Waals surface area contributed by atoms with Crippen molar-refractivity contribution in [1.82, 2.24) is 9.97 Å².